The third kappa shape index (κ3) is 4.68. The Morgan fingerprint density at radius 2 is 1.32 bits per heavy atom. The molecule has 0 saturated heterocycles. The first-order chi connectivity index (χ1) is 16.6. The molecular formula is C32H31NO. The second kappa shape index (κ2) is 9.69. The molecule has 4 aromatic rings. The van der Waals surface area contributed by atoms with Crippen LogP contribution in [0.25, 0.3) is 11.1 Å². The number of hydrogen-bond donors (Lipinski definition) is 0. The molecule has 0 fully saturated rings. The fraction of sp³-hybridized carbons (Fsp3) is 0.219. The minimum Gasteiger partial charge on any atom is -0.334 e. The summed E-state index contributed by atoms with van der Waals surface area (Å²) >= 11 is 0. The molecule has 0 N–H and O–H groups in total. The van der Waals surface area contributed by atoms with Crippen LogP contribution in [-0.4, -0.2) is 16.8 Å². The van der Waals surface area contributed by atoms with Crippen LogP contribution in [0.4, 0.5) is 0 Å². The van der Waals surface area contributed by atoms with E-state index in [9.17, 15) is 4.79 Å². The molecule has 1 amide bonds. The van der Waals surface area contributed by atoms with Gasteiger partial charge in [-0.2, -0.15) is 0 Å². The van der Waals surface area contributed by atoms with Gasteiger partial charge in [0.15, 0.2) is 0 Å². The summed E-state index contributed by atoms with van der Waals surface area (Å²) < 4.78 is 0. The number of carbonyl (C=O) groups is 1. The first-order valence-electron chi connectivity index (χ1n) is 12.1. The van der Waals surface area contributed by atoms with Gasteiger partial charge in [0.05, 0.1) is 6.42 Å². The standard InChI is InChI=1S/C32H31NO/c1-23-15-17-25(18-16-23)31-14-8-7-12-28(31)21-32(34)33(22-29-13-4-3-9-24(29)2)30-19-26-10-5-6-11-27(26)20-30/h3-18,30H,19-22H2,1-2H3. The van der Waals surface area contributed by atoms with Gasteiger partial charge in [0, 0.05) is 12.6 Å². The van der Waals surface area contributed by atoms with E-state index >= 15 is 0 Å². The van der Waals surface area contributed by atoms with Gasteiger partial charge in [0.1, 0.15) is 0 Å². The molecule has 0 unspecified atom stereocenters. The average molecular weight is 446 g/mol. The molecule has 0 aromatic heterocycles. The van der Waals surface area contributed by atoms with Gasteiger partial charge in [-0.1, -0.05) is 103 Å². The van der Waals surface area contributed by atoms with Crippen molar-refractivity contribution in [3.8, 4) is 11.1 Å². The Morgan fingerprint density at radius 1 is 0.735 bits per heavy atom. The molecular weight excluding hydrogens is 414 g/mol. The zero-order valence-electron chi connectivity index (χ0n) is 20.0. The molecule has 1 aliphatic rings. The fourth-order valence-electron chi connectivity index (χ4n) is 5.10. The Labute approximate surface area is 202 Å². The van der Waals surface area contributed by atoms with E-state index in [1.807, 2.05) is 6.07 Å². The van der Waals surface area contributed by atoms with E-state index in [2.05, 4.69) is 110 Å². The quantitative estimate of drug-likeness (QED) is 0.323. The van der Waals surface area contributed by atoms with E-state index < -0.39 is 0 Å². The van der Waals surface area contributed by atoms with E-state index in [1.165, 1.54) is 27.8 Å². The third-order valence-corrected chi connectivity index (χ3v) is 7.11. The van der Waals surface area contributed by atoms with Crippen LogP contribution in [0.5, 0.6) is 0 Å². The molecule has 2 heteroatoms. The van der Waals surface area contributed by atoms with Crippen molar-refractivity contribution in [2.24, 2.45) is 0 Å². The molecule has 0 saturated carbocycles. The van der Waals surface area contributed by atoms with Crippen LogP contribution >= 0.6 is 0 Å². The first kappa shape index (κ1) is 22.2. The predicted molar refractivity (Wildman–Crippen MR) is 140 cm³/mol. The lowest BCUT2D eigenvalue weighted by Crippen LogP contribution is -2.41. The van der Waals surface area contributed by atoms with Crippen LogP contribution in [0, 0.1) is 13.8 Å². The molecule has 170 valence electrons. The summed E-state index contributed by atoms with van der Waals surface area (Å²) in [5.74, 6) is 0.195. The van der Waals surface area contributed by atoms with Crippen LogP contribution in [-0.2, 0) is 30.6 Å². The van der Waals surface area contributed by atoms with Crippen LogP contribution in [0.3, 0.4) is 0 Å². The summed E-state index contributed by atoms with van der Waals surface area (Å²) in [5, 5.41) is 0. The zero-order valence-corrected chi connectivity index (χ0v) is 20.0. The highest BCUT2D eigenvalue weighted by Crippen LogP contribution is 2.29. The molecule has 0 radical (unpaired) electrons. The first-order valence-corrected chi connectivity index (χ1v) is 12.1. The summed E-state index contributed by atoms with van der Waals surface area (Å²) in [4.78, 5) is 16.1. The predicted octanol–water partition coefficient (Wildman–Crippen LogP) is 6.71. The second-order valence-electron chi connectivity index (χ2n) is 9.48. The van der Waals surface area contributed by atoms with Crippen LogP contribution in [0.15, 0.2) is 97.1 Å². The summed E-state index contributed by atoms with van der Waals surface area (Å²) in [6.45, 7) is 4.88. The van der Waals surface area contributed by atoms with Crippen molar-refractivity contribution in [3.63, 3.8) is 0 Å². The Morgan fingerprint density at radius 3 is 2.00 bits per heavy atom. The molecule has 0 bridgehead atoms. The van der Waals surface area contributed by atoms with Gasteiger partial charge in [-0.05, 0) is 65.6 Å². The van der Waals surface area contributed by atoms with E-state index in [-0.39, 0.29) is 11.9 Å². The Balaban J connectivity index is 1.45. The summed E-state index contributed by atoms with van der Waals surface area (Å²) in [6.07, 6.45) is 2.25. The maximum Gasteiger partial charge on any atom is 0.227 e. The number of hydrogen-bond acceptors (Lipinski definition) is 1. The minimum absolute atomic E-state index is 0.191. The fourth-order valence-corrected chi connectivity index (χ4v) is 5.10. The highest BCUT2D eigenvalue weighted by molar-refractivity contribution is 5.82. The van der Waals surface area contributed by atoms with Crippen molar-refractivity contribution in [3.05, 3.63) is 130 Å². The summed E-state index contributed by atoms with van der Waals surface area (Å²) in [7, 11) is 0. The van der Waals surface area contributed by atoms with Crippen molar-refractivity contribution in [1.82, 2.24) is 4.90 Å². The molecule has 0 atom stereocenters. The SMILES string of the molecule is Cc1ccc(-c2ccccc2CC(=O)N(Cc2ccccc2C)C2Cc3ccccc3C2)cc1. The summed E-state index contributed by atoms with van der Waals surface area (Å²) in [6, 6.07) is 34.1. The molecule has 0 spiro atoms. The molecule has 4 aromatic carbocycles. The van der Waals surface area contributed by atoms with Gasteiger partial charge in [-0.25, -0.2) is 0 Å². The van der Waals surface area contributed by atoms with Crippen molar-refractivity contribution in [1.29, 1.82) is 0 Å². The molecule has 0 aliphatic heterocycles. The highest BCUT2D eigenvalue weighted by Gasteiger charge is 2.30. The van der Waals surface area contributed by atoms with Crippen LogP contribution in [0.1, 0.15) is 33.4 Å². The molecule has 5 rings (SSSR count). The maximum atomic E-state index is 13.9. The molecule has 0 heterocycles. The smallest absolute Gasteiger partial charge is 0.227 e. The summed E-state index contributed by atoms with van der Waals surface area (Å²) in [5.41, 5.74) is 9.82. The normalized spacial score (nSPS) is 13.0. The number of benzene rings is 4. The van der Waals surface area contributed by atoms with Gasteiger partial charge in [-0.3, -0.25) is 4.79 Å². The number of carbonyl (C=O) groups excluding carboxylic acids is 1. The van der Waals surface area contributed by atoms with Gasteiger partial charge in [0.25, 0.3) is 0 Å². The monoisotopic (exact) mass is 445 g/mol. The second-order valence-corrected chi connectivity index (χ2v) is 9.48. The maximum absolute atomic E-state index is 13.9. The molecule has 1 aliphatic carbocycles. The van der Waals surface area contributed by atoms with Crippen LogP contribution in [0.2, 0.25) is 0 Å². The third-order valence-electron chi connectivity index (χ3n) is 7.11. The zero-order chi connectivity index (χ0) is 23.5. The van der Waals surface area contributed by atoms with Crippen molar-refractivity contribution < 1.29 is 4.79 Å². The Bertz CT molecular complexity index is 1280. The number of amides is 1. The molecule has 2 nitrogen and oxygen atoms in total. The van der Waals surface area contributed by atoms with Crippen molar-refractivity contribution >= 4 is 5.91 Å². The number of nitrogens with zero attached hydrogens (tertiary/aromatic N) is 1. The van der Waals surface area contributed by atoms with Crippen molar-refractivity contribution in [2.75, 3.05) is 0 Å². The van der Waals surface area contributed by atoms with E-state index in [0.29, 0.717) is 13.0 Å². The van der Waals surface area contributed by atoms with Gasteiger partial charge in [-0.15, -0.1) is 0 Å². The van der Waals surface area contributed by atoms with Crippen molar-refractivity contribution in [2.45, 2.75) is 45.7 Å². The Hall–Kier alpha value is -3.65. The lowest BCUT2D eigenvalue weighted by molar-refractivity contribution is -0.133. The highest BCUT2D eigenvalue weighted by atomic mass is 16.2. The van der Waals surface area contributed by atoms with E-state index in [4.69, 9.17) is 0 Å². The minimum atomic E-state index is 0.191. The number of rotatable bonds is 6. The van der Waals surface area contributed by atoms with E-state index in [1.54, 1.807) is 0 Å². The van der Waals surface area contributed by atoms with E-state index in [0.717, 1.165) is 29.5 Å². The lowest BCUT2D eigenvalue weighted by Gasteiger charge is -2.30. The number of aryl methyl sites for hydroxylation is 2. The average Bonchev–Trinajstić information content (AvgIpc) is 3.28. The van der Waals surface area contributed by atoms with Crippen LogP contribution < -0.4 is 0 Å². The molecule has 34 heavy (non-hydrogen) atoms. The Kier molecular flexibility index (Phi) is 6.31. The van der Waals surface area contributed by atoms with Gasteiger partial charge in [0.2, 0.25) is 5.91 Å². The topological polar surface area (TPSA) is 20.3 Å². The van der Waals surface area contributed by atoms with Gasteiger partial charge < -0.3 is 4.90 Å². The lowest BCUT2D eigenvalue weighted by atomic mass is 9.96. The largest absolute Gasteiger partial charge is 0.334 e. The van der Waals surface area contributed by atoms with Gasteiger partial charge >= 0.3 is 0 Å². The number of fused-ring (bicyclic) bond motifs is 1.